The summed E-state index contributed by atoms with van der Waals surface area (Å²) in [7, 11) is 0. The Kier molecular flexibility index (Phi) is 6.32. The van der Waals surface area contributed by atoms with Crippen molar-refractivity contribution in [1.29, 1.82) is 0 Å². The van der Waals surface area contributed by atoms with E-state index < -0.39 is 0 Å². The van der Waals surface area contributed by atoms with Gasteiger partial charge >= 0.3 is 0 Å². The number of nitrogens with one attached hydrogen (secondary N) is 1. The number of rotatable bonds is 7. The van der Waals surface area contributed by atoms with Gasteiger partial charge in [-0.15, -0.1) is 0 Å². The van der Waals surface area contributed by atoms with Gasteiger partial charge in [0.05, 0.1) is 12.6 Å². The molecule has 1 aromatic rings. The second-order valence-electron chi connectivity index (χ2n) is 4.70. The molecular weight excluding hydrogens is 244 g/mol. The minimum absolute atomic E-state index is 0.0806. The van der Waals surface area contributed by atoms with Crippen LogP contribution in [0.4, 0.5) is 0 Å². The van der Waals surface area contributed by atoms with Gasteiger partial charge in [0.15, 0.2) is 6.61 Å². The van der Waals surface area contributed by atoms with Crippen LogP contribution in [0.25, 0.3) is 0 Å². The predicted molar refractivity (Wildman–Crippen MR) is 73.7 cm³/mol. The van der Waals surface area contributed by atoms with Gasteiger partial charge in [-0.25, -0.2) is 0 Å². The van der Waals surface area contributed by atoms with E-state index in [4.69, 9.17) is 15.6 Å². The highest BCUT2D eigenvalue weighted by Gasteiger charge is 2.15. The van der Waals surface area contributed by atoms with Gasteiger partial charge in [0.25, 0.3) is 5.91 Å². The Bertz CT molecular complexity index is 407. The predicted octanol–water partition coefficient (Wildman–Crippen LogP) is 0.657. The summed E-state index contributed by atoms with van der Waals surface area (Å²) in [5.74, 6) is 0.537. The van der Waals surface area contributed by atoms with Crippen molar-refractivity contribution in [3.05, 3.63) is 29.8 Å². The van der Waals surface area contributed by atoms with Crippen LogP contribution in [-0.2, 0) is 11.3 Å². The molecule has 5 heteroatoms. The lowest BCUT2D eigenvalue weighted by molar-refractivity contribution is -0.124. The third-order valence-electron chi connectivity index (χ3n) is 2.90. The van der Waals surface area contributed by atoms with E-state index in [1.807, 2.05) is 32.0 Å². The first kappa shape index (κ1) is 15.5. The molecule has 1 amide bonds. The van der Waals surface area contributed by atoms with Crippen LogP contribution in [0.3, 0.4) is 0 Å². The van der Waals surface area contributed by atoms with Crippen molar-refractivity contribution in [2.45, 2.75) is 26.4 Å². The lowest BCUT2D eigenvalue weighted by atomic mass is 10.1. The van der Waals surface area contributed by atoms with Crippen LogP contribution in [0.15, 0.2) is 24.3 Å². The summed E-state index contributed by atoms with van der Waals surface area (Å²) in [4.78, 5) is 11.7. The standard InChI is InChI=1S/C14H22N2O3/c1-10(2)12(8-17)16-14(18)9-19-13-6-4-3-5-11(13)7-15/h3-6,10,12,17H,7-9,15H2,1-2H3,(H,16,18)/t12-/m1/s1. The molecule has 1 aromatic carbocycles. The molecule has 0 unspecified atom stereocenters. The number of ether oxygens (including phenoxy) is 1. The first-order valence-corrected chi connectivity index (χ1v) is 6.39. The van der Waals surface area contributed by atoms with Crippen molar-refractivity contribution in [3.63, 3.8) is 0 Å². The van der Waals surface area contributed by atoms with Gasteiger partial charge in [0.1, 0.15) is 5.75 Å². The van der Waals surface area contributed by atoms with Crippen molar-refractivity contribution in [3.8, 4) is 5.75 Å². The zero-order chi connectivity index (χ0) is 14.3. The van der Waals surface area contributed by atoms with Gasteiger partial charge in [0, 0.05) is 12.1 Å². The third-order valence-corrected chi connectivity index (χ3v) is 2.90. The molecule has 5 nitrogen and oxygen atoms in total. The smallest absolute Gasteiger partial charge is 0.258 e. The van der Waals surface area contributed by atoms with E-state index >= 15 is 0 Å². The number of amides is 1. The van der Waals surface area contributed by atoms with Crippen molar-refractivity contribution in [2.24, 2.45) is 11.7 Å². The van der Waals surface area contributed by atoms with Crippen LogP contribution in [-0.4, -0.2) is 30.3 Å². The van der Waals surface area contributed by atoms with Gasteiger partial charge in [0.2, 0.25) is 0 Å². The summed E-state index contributed by atoms with van der Waals surface area (Å²) in [5.41, 5.74) is 6.44. The molecule has 106 valence electrons. The fraction of sp³-hybridized carbons (Fsp3) is 0.500. The highest BCUT2D eigenvalue weighted by Crippen LogP contribution is 2.16. The molecule has 0 aliphatic heterocycles. The molecule has 0 radical (unpaired) electrons. The zero-order valence-corrected chi connectivity index (χ0v) is 11.4. The topological polar surface area (TPSA) is 84.6 Å². The molecule has 0 saturated heterocycles. The van der Waals surface area contributed by atoms with E-state index in [9.17, 15) is 4.79 Å². The van der Waals surface area contributed by atoms with E-state index in [0.29, 0.717) is 12.3 Å². The molecule has 1 atom stereocenters. The molecule has 4 N–H and O–H groups in total. The number of nitrogens with two attached hydrogens (primary N) is 1. The minimum Gasteiger partial charge on any atom is -0.483 e. The average molecular weight is 266 g/mol. The maximum Gasteiger partial charge on any atom is 0.258 e. The number of hydrogen-bond acceptors (Lipinski definition) is 4. The molecule has 0 saturated carbocycles. The molecule has 0 aliphatic carbocycles. The monoisotopic (exact) mass is 266 g/mol. The van der Waals surface area contributed by atoms with E-state index in [2.05, 4.69) is 5.32 Å². The summed E-state index contributed by atoms with van der Waals surface area (Å²) in [6.45, 7) is 4.07. The van der Waals surface area contributed by atoms with Gasteiger partial charge in [-0.1, -0.05) is 32.0 Å². The summed E-state index contributed by atoms with van der Waals surface area (Å²) < 4.78 is 5.44. The average Bonchev–Trinajstić information content (AvgIpc) is 2.42. The number of aliphatic hydroxyl groups is 1. The Labute approximate surface area is 113 Å². The fourth-order valence-corrected chi connectivity index (χ4v) is 1.63. The maximum atomic E-state index is 11.7. The second kappa shape index (κ2) is 7.76. The Morgan fingerprint density at radius 1 is 1.42 bits per heavy atom. The minimum atomic E-state index is -0.250. The van der Waals surface area contributed by atoms with Gasteiger partial charge in [-0.2, -0.15) is 0 Å². The van der Waals surface area contributed by atoms with E-state index in [-0.39, 0.29) is 31.1 Å². The van der Waals surface area contributed by atoms with Crippen LogP contribution in [0.1, 0.15) is 19.4 Å². The highest BCUT2D eigenvalue weighted by atomic mass is 16.5. The van der Waals surface area contributed by atoms with Crippen LogP contribution < -0.4 is 15.8 Å². The summed E-state index contributed by atoms with van der Waals surface area (Å²) in [6, 6.07) is 7.09. The quantitative estimate of drug-likeness (QED) is 0.677. The van der Waals surface area contributed by atoms with Gasteiger partial charge in [-0.05, 0) is 12.0 Å². The summed E-state index contributed by atoms with van der Waals surface area (Å²) in [5, 5.41) is 11.9. The van der Waals surface area contributed by atoms with E-state index in [1.165, 1.54) is 0 Å². The van der Waals surface area contributed by atoms with Crippen LogP contribution in [0, 0.1) is 5.92 Å². The van der Waals surface area contributed by atoms with E-state index in [1.54, 1.807) is 6.07 Å². The van der Waals surface area contributed by atoms with Crippen molar-refractivity contribution >= 4 is 5.91 Å². The zero-order valence-electron chi connectivity index (χ0n) is 11.4. The first-order chi connectivity index (χ1) is 9.08. The summed E-state index contributed by atoms with van der Waals surface area (Å²) >= 11 is 0. The molecule has 0 aromatic heterocycles. The molecule has 0 bridgehead atoms. The number of hydrogen-bond donors (Lipinski definition) is 3. The normalized spacial score (nSPS) is 12.3. The number of carbonyl (C=O) groups is 1. The fourth-order valence-electron chi connectivity index (χ4n) is 1.63. The number of benzene rings is 1. The lowest BCUT2D eigenvalue weighted by Gasteiger charge is -2.20. The Hall–Kier alpha value is -1.59. The number of carbonyl (C=O) groups excluding carboxylic acids is 1. The molecule has 0 spiro atoms. The van der Waals surface area contributed by atoms with Gasteiger partial charge in [-0.3, -0.25) is 4.79 Å². The van der Waals surface area contributed by atoms with E-state index in [0.717, 1.165) is 5.56 Å². The number of aliphatic hydroxyl groups excluding tert-OH is 1. The Morgan fingerprint density at radius 3 is 2.68 bits per heavy atom. The van der Waals surface area contributed by atoms with Crippen molar-refractivity contribution < 1.29 is 14.6 Å². The molecule has 1 rings (SSSR count). The van der Waals surface area contributed by atoms with Crippen LogP contribution in [0.2, 0.25) is 0 Å². The maximum absolute atomic E-state index is 11.7. The van der Waals surface area contributed by atoms with Crippen molar-refractivity contribution in [2.75, 3.05) is 13.2 Å². The highest BCUT2D eigenvalue weighted by molar-refractivity contribution is 5.77. The Balaban J connectivity index is 2.50. The van der Waals surface area contributed by atoms with Crippen LogP contribution in [0.5, 0.6) is 5.75 Å². The largest absolute Gasteiger partial charge is 0.483 e. The third kappa shape index (κ3) is 4.89. The Morgan fingerprint density at radius 2 is 2.11 bits per heavy atom. The first-order valence-electron chi connectivity index (χ1n) is 6.39. The SMILES string of the molecule is CC(C)[C@@H](CO)NC(=O)COc1ccccc1CN. The molecular formula is C14H22N2O3. The lowest BCUT2D eigenvalue weighted by Crippen LogP contribution is -2.43. The molecule has 0 heterocycles. The molecule has 19 heavy (non-hydrogen) atoms. The summed E-state index contributed by atoms with van der Waals surface area (Å²) in [6.07, 6.45) is 0. The molecule has 0 aliphatic rings. The van der Waals surface area contributed by atoms with Gasteiger partial charge < -0.3 is 20.9 Å². The second-order valence-corrected chi connectivity index (χ2v) is 4.70. The van der Waals surface area contributed by atoms with Crippen molar-refractivity contribution in [1.82, 2.24) is 5.32 Å². The number of para-hydroxylation sites is 1. The van der Waals surface area contributed by atoms with Crippen LogP contribution >= 0.6 is 0 Å². The molecule has 0 fully saturated rings.